The lowest BCUT2D eigenvalue weighted by molar-refractivity contribution is -0.204. The molecular formula is C46H49N5O10S. The summed E-state index contributed by atoms with van der Waals surface area (Å²) in [6.07, 6.45) is 1.88. The number of aromatic nitrogens is 1. The van der Waals surface area contributed by atoms with E-state index in [0.717, 1.165) is 42.4 Å². The van der Waals surface area contributed by atoms with Crippen LogP contribution in [-0.4, -0.2) is 68.1 Å². The molecule has 0 aliphatic heterocycles. The summed E-state index contributed by atoms with van der Waals surface area (Å²) in [5.74, 6) is -3.79. The molecule has 4 aromatic carbocycles. The number of benzene rings is 4. The third-order valence-corrected chi connectivity index (χ3v) is 10.5. The van der Waals surface area contributed by atoms with Gasteiger partial charge in [-0.25, -0.2) is 9.59 Å². The fourth-order valence-corrected chi connectivity index (χ4v) is 7.49. The zero-order chi connectivity index (χ0) is 45.2. The number of carbonyl (C=O) groups excluding carboxylic acids is 6. The van der Waals surface area contributed by atoms with Gasteiger partial charge in [0.05, 0.1) is 11.4 Å². The van der Waals surface area contributed by atoms with E-state index >= 15 is 0 Å². The fraction of sp³-hybridized carbons (Fsp3) is 0.304. The summed E-state index contributed by atoms with van der Waals surface area (Å²) in [5, 5.41) is 12.1. The van der Waals surface area contributed by atoms with Gasteiger partial charge < -0.3 is 23.9 Å². The Labute approximate surface area is 363 Å². The molecular weight excluding hydrogens is 815 g/mol. The summed E-state index contributed by atoms with van der Waals surface area (Å²) < 4.78 is 2.12. The third kappa shape index (κ3) is 11.3. The van der Waals surface area contributed by atoms with Gasteiger partial charge in [0.1, 0.15) is 12.1 Å². The zero-order valence-electron chi connectivity index (χ0n) is 36.1. The quantitative estimate of drug-likeness (QED) is 0.0454. The fourth-order valence-electron chi connectivity index (χ4n) is 7.08. The number of hydrogen-bond donors (Lipinski definition) is 0. The van der Waals surface area contributed by atoms with Gasteiger partial charge in [-0.2, -0.15) is 10.1 Å². The first-order chi connectivity index (χ1) is 29.5. The number of hydroxylamine groups is 4. The lowest BCUT2D eigenvalue weighted by Crippen LogP contribution is -2.36. The van der Waals surface area contributed by atoms with Crippen molar-refractivity contribution in [3.63, 3.8) is 0 Å². The van der Waals surface area contributed by atoms with E-state index in [1.807, 2.05) is 105 Å². The maximum atomic E-state index is 13.0. The standard InChI is InChI=1S/C46H49N5O10S/c1-10-49-43-21-17-36(41(47-58-30(5)54)25-45(34-13-11-27(2)12-14-34)50(28(3)52)60-32(7)56)23-39(43)40-24-37(18-22-44(40)49)42(48-59-31(6)55)26-46(51(29(4)53)61-33(8)57)35-15-19-38(62-9)20-16-35/h11-24,45-46H,10,25-26H2,1-9H3/b47-41+,48-42+. The van der Waals surface area contributed by atoms with Crippen molar-refractivity contribution >= 4 is 80.7 Å². The molecule has 2 atom stereocenters. The first-order valence-corrected chi connectivity index (χ1v) is 21.0. The van der Waals surface area contributed by atoms with Crippen LogP contribution in [0.2, 0.25) is 0 Å². The minimum Gasteiger partial charge on any atom is -0.341 e. The molecule has 1 heterocycles. The summed E-state index contributed by atoms with van der Waals surface area (Å²) in [4.78, 5) is 97.2. The van der Waals surface area contributed by atoms with Crippen LogP contribution in [0, 0.1) is 6.92 Å². The van der Waals surface area contributed by atoms with Crippen LogP contribution in [-0.2, 0) is 54.7 Å². The summed E-state index contributed by atoms with van der Waals surface area (Å²) in [6.45, 7) is 11.9. The number of fused-ring (bicyclic) bond motifs is 3. The van der Waals surface area contributed by atoms with Crippen LogP contribution < -0.4 is 0 Å². The Bertz CT molecular complexity index is 2570. The lowest BCUT2D eigenvalue weighted by Gasteiger charge is -2.29. The van der Waals surface area contributed by atoms with E-state index in [1.165, 1.54) is 41.5 Å². The van der Waals surface area contributed by atoms with Crippen molar-refractivity contribution in [1.29, 1.82) is 0 Å². The number of thioether (sulfide) groups is 1. The highest BCUT2D eigenvalue weighted by molar-refractivity contribution is 7.98. The van der Waals surface area contributed by atoms with Crippen molar-refractivity contribution in [3.8, 4) is 0 Å². The monoisotopic (exact) mass is 863 g/mol. The van der Waals surface area contributed by atoms with Gasteiger partial charge in [-0.3, -0.25) is 19.2 Å². The summed E-state index contributed by atoms with van der Waals surface area (Å²) in [7, 11) is 0. The summed E-state index contributed by atoms with van der Waals surface area (Å²) in [5.41, 5.74) is 5.63. The molecule has 5 aromatic rings. The number of amides is 2. The van der Waals surface area contributed by atoms with Gasteiger partial charge in [0.25, 0.3) is 11.8 Å². The molecule has 0 aliphatic carbocycles. The van der Waals surface area contributed by atoms with Gasteiger partial charge in [-0.15, -0.1) is 11.8 Å². The molecule has 0 saturated carbocycles. The van der Waals surface area contributed by atoms with E-state index in [-0.39, 0.29) is 24.3 Å². The highest BCUT2D eigenvalue weighted by Gasteiger charge is 2.31. The van der Waals surface area contributed by atoms with E-state index in [4.69, 9.17) is 19.4 Å². The van der Waals surface area contributed by atoms with Crippen LogP contribution in [0.25, 0.3) is 21.8 Å². The molecule has 16 heteroatoms. The first-order valence-electron chi connectivity index (χ1n) is 19.7. The Morgan fingerprint density at radius 3 is 1.34 bits per heavy atom. The van der Waals surface area contributed by atoms with Crippen LogP contribution >= 0.6 is 11.8 Å². The molecule has 2 unspecified atom stereocenters. The van der Waals surface area contributed by atoms with Crippen LogP contribution in [0.3, 0.4) is 0 Å². The maximum Gasteiger partial charge on any atom is 0.331 e. The largest absolute Gasteiger partial charge is 0.341 e. The van der Waals surface area contributed by atoms with Crippen LogP contribution in [0.5, 0.6) is 0 Å². The van der Waals surface area contributed by atoms with E-state index in [1.54, 1.807) is 11.8 Å². The minimum atomic E-state index is -0.871. The van der Waals surface area contributed by atoms with E-state index < -0.39 is 47.8 Å². The molecule has 324 valence electrons. The van der Waals surface area contributed by atoms with Crippen molar-refractivity contribution in [3.05, 3.63) is 113 Å². The maximum absolute atomic E-state index is 13.0. The third-order valence-electron chi connectivity index (χ3n) is 9.79. The Kier molecular flexibility index (Phi) is 15.4. The predicted molar refractivity (Wildman–Crippen MR) is 234 cm³/mol. The average molecular weight is 864 g/mol. The Hall–Kier alpha value is -6.81. The minimum absolute atomic E-state index is 0.0279. The molecule has 0 fully saturated rings. The van der Waals surface area contributed by atoms with Crippen LogP contribution in [0.1, 0.15) is 101 Å². The van der Waals surface area contributed by atoms with Gasteiger partial charge in [0, 0.05) is 98.8 Å². The van der Waals surface area contributed by atoms with Crippen molar-refractivity contribution in [2.24, 2.45) is 10.3 Å². The molecule has 0 aliphatic rings. The Morgan fingerprint density at radius 2 is 1.00 bits per heavy atom. The SMILES string of the molecule is CCn1c2ccc(/C(CC(c3ccc(C)cc3)N(OC(C)=O)C(C)=O)=N/OC(C)=O)cc2c2cc(/C(CC(c3ccc(SC)cc3)N(OC(C)=O)C(C)=O)=N/OC(C)=O)ccc21. The molecule has 0 bridgehead atoms. The molecule has 1 aromatic heterocycles. The van der Waals surface area contributed by atoms with Crippen molar-refractivity contribution < 1.29 is 48.1 Å². The molecule has 5 rings (SSSR count). The van der Waals surface area contributed by atoms with Crippen molar-refractivity contribution in [2.75, 3.05) is 6.26 Å². The number of aryl methyl sites for hydroxylation is 2. The van der Waals surface area contributed by atoms with E-state index in [0.29, 0.717) is 28.8 Å². The number of carbonyl (C=O) groups is 6. The number of hydrogen-bond acceptors (Lipinski definition) is 13. The van der Waals surface area contributed by atoms with Crippen LogP contribution in [0.15, 0.2) is 100 Å². The second kappa shape index (κ2) is 20.6. The van der Waals surface area contributed by atoms with Gasteiger partial charge >= 0.3 is 23.9 Å². The van der Waals surface area contributed by atoms with E-state index in [9.17, 15) is 28.8 Å². The second-order valence-electron chi connectivity index (χ2n) is 14.4. The number of rotatable bonds is 14. The number of oxime groups is 2. The average Bonchev–Trinajstić information content (AvgIpc) is 3.54. The Morgan fingerprint density at radius 1 is 0.597 bits per heavy atom. The normalized spacial score (nSPS) is 12.7. The highest BCUT2D eigenvalue weighted by Crippen LogP contribution is 2.35. The second-order valence-corrected chi connectivity index (χ2v) is 15.3. The van der Waals surface area contributed by atoms with E-state index in [2.05, 4.69) is 14.9 Å². The molecule has 15 nitrogen and oxygen atoms in total. The zero-order valence-corrected chi connectivity index (χ0v) is 36.9. The van der Waals surface area contributed by atoms with Gasteiger partial charge in [-0.05, 0) is 67.6 Å². The Balaban J connectivity index is 1.70. The molecule has 0 radical (unpaired) electrons. The molecule has 0 spiro atoms. The topological polar surface area (TPSA) is 175 Å². The molecule has 0 saturated heterocycles. The summed E-state index contributed by atoms with van der Waals surface area (Å²) >= 11 is 1.54. The van der Waals surface area contributed by atoms with Crippen molar-refractivity contribution in [2.45, 2.75) is 91.8 Å². The first kappa shape index (κ1) is 46.3. The van der Waals surface area contributed by atoms with Gasteiger partial charge in [0.15, 0.2) is 0 Å². The smallest absolute Gasteiger partial charge is 0.331 e. The van der Waals surface area contributed by atoms with Crippen LogP contribution in [0.4, 0.5) is 0 Å². The molecule has 2 amide bonds. The predicted octanol–water partition coefficient (Wildman–Crippen LogP) is 8.30. The van der Waals surface area contributed by atoms with Gasteiger partial charge in [-0.1, -0.05) is 64.4 Å². The highest BCUT2D eigenvalue weighted by atomic mass is 32.2. The lowest BCUT2D eigenvalue weighted by atomic mass is 9.94. The number of nitrogens with zero attached hydrogens (tertiary/aromatic N) is 5. The summed E-state index contributed by atoms with van der Waals surface area (Å²) in [6, 6.07) is 24.4. The van der Waals surface area contributed by atoms with Crippen molar-refractivity contribution in [1.82, 2.24) is 14.7 Å². The molecule has 0 N–H and O–H groups in total. The van der Waals surface area contributed by atoms with Gasteiger partial charge in [0.2, 0.25) is 0 Å². The molecule has 62 heavy (non-hydrogen) atoms.